The fraction of sp³-hybridized carbons (Fsp3) is 0.389. The third kappa shape index (κ3) is 3.68. The minimum absolute atomic E-state index is 0.128. The van der Waals surface area contributed by atoms with Crippen LogP contribution in [0, 0.1) is 11.8 Å². The molecule has 2 rings (SSSR count). The van der Waals surface area contributed by atoms with E-state index in [0.717, 1.165) is 6.42 Å². The van der Waals surface area contributed by atoms with Crippen LogP contribution in [-0.4, -0.2) is 13.1 Å². The lowest BCUT2D eigenvalue weighted by Gasteiger charge is -2.26. The van der Waals surface area contributed by atoms with Gasteiger partial charge in [0.15, 0.2) is 0 Å². The minimum atomic E-state index is -0.141. The number of carbonyl (C=O) groups is 1. The van der Waals surface area contributed by atoms with Gasteiger partial charge in [0.05, 0.1) is 13.0 Å². The van der Waals surface area contributed by atoms with Crippen molar-refractivity contribution in [2.24, 2.45) is 11.8 Å². The molecule has 0 amide bonds. The molecule has 2 heterocycles. The summed E-state index contributed by atoms with van der Waals surface area (Å²) in [5.41, 5.74) is 0. The highest BCUT2D eigenvalue weighted by Gasteiger charge is 2.33. The molecule has 0 radical (unpaired) electrons. The van der Waals surface area contributed by atoms with Crippen LogP contribution in [0.2, 0.25) is 0 Å². The van der Waals surface area contributed by atoms with Crippen LogP contribution in [0.25, 0.3) is 9.75 Å². The minimum Gasteiger partial charge on any atom is -0.469 e. The van der Waals surface area contributed by atoms with Crippen molar-refractivity contribution in [3.05, 3.63) is 47.2 Å². The van der Waals surface area contributed by atoms with Crippen molar-refractivity contribution in [1.82, 2.24) is 0 Å². The molecule has 0 bridgehead atoms. The summed E-state index contributed by atoms with van der Waals surface area (Å²) in [5.74, 6) is 0.0825. The third-order valence-corrected chi connectivity index (χ3v) is 6.08. The highest BCUT2D eigenvalue weighted by atomic mass is 32.1. The Kier molecular flexibility index (Phi) is 5.98. The lowest BCUT2D eigenvalue weighted by atomic mass is 9.80. The van der Waals surface area contributed by atoms with Gasteiger partial charge >= 0.3 is 5.97 Å². The van der Waals surface area contributed by atoms with Gasteiger partial charge in [-0.05, 0) is 35.9 Å². The number of thiophene rings is 2. The quantitative estimate of drug-likeness (QED) is 0.488. The molecular weight excluding hydrogens is 312 g/mol. The number of allylic oxidation sites excluding steroid dienone is 1. The fourth-order valence-corrected chi connectivity index (χ4v) is 4.76. The Bertz CT molecular complexity index is 611. The van der Waals surface area contributed by atoms with Gasteiger partial charge in [0, 0.05) is 20.5 Å². The van der Waals surface area contributed by atoms with Crippen LogP contribution >= 0.6 is 22.7 Å². The molecule has 4 heteroatoms. The first kappa shape index (κ1) is 17.0. The van der Waals surface area contributed by atoms with Crippen LogP contribution in [0.1, 0.15) is 31.1 Å². The van der Waals surface area contributed by atoms with Gasteiger partial charge in [-0.15, -0.1) is 29.3 Å². The molecule has 0 aliphatic carbocycles. The maximum Gasteiger partial charge on any atom is 0.309 e. The molecule has 0 aliphatic rings. The van der Waals surface area contributed by atoms with E-state index in [1.165, 1.54) is 21.7 Å². The molecule has 2 aromatic rings. The second-order valence-electron chi connectivity index (χ2n) is 5.60. The zero-order chi connectivity index (χ0) is 16.1. The highest BCUT2D eigenvalue weighted by Crippen LogP contribution is 2.41. The Morgan fingerprint density at radius 3 is 2.64 bits per heavy atom. The predicted octanol–water partition coefficient (Wildman–Crippen LogP) is 5.58. The normalized spacial score (nSPS) is 13.8. The molecule has 22 heavy (non-hydrogen) atoms. The van der Waals surface area contributed by atoms with Crippen LogP contribution in [-0.2, 0) is 9.53 Å². The van der Waals surface area contributed by atoms with Crippen molar-refractivity contribution in [3.63, 3.8) is 0 Å². The van der Waals surface area contributed by atoms with E-state index in [1.807, 2.05) is 6.08 Å². The number of esters is 1. The van der Waals surface area contributed by atoms with Gasteiger partial charge < -0.3 is 4.74 Å². The summed E-state index contributed by atoms with van der Waals surface area (Å²) in [6.07, 6.45) is 2.68. The van der Waals surface area contributed by atoms with Crippen molar-refractivity contribution < 1.29 is 9.53 Å². The SMILES string of the molecule is C=CC[C@H](c1ccc(-c2cccs2)s1)[C@@H](C(=O)OC)C(C)C. The molecule has 0 N–H and O–H groups in total. The van der Waals surface area contributed by atoms with Gasteiger partial charge in [0.2, 0.25) is 0 Å². The molecule has 0 aliphatic heterocycles. The van der Waals surface area contributed by atoms with Crippen LogP contribution in [0.4, 0.5) is 0 Å². The molecule has 0 saturated carbocycles. The summed E-state index contributed by atoms with van der Waals surface area (Å²) in [7, 11) is 1.47. The van der Waals surface area contributed by atoms with Gasteiger partial charge in [-0.2, -0.15) is 0 Å². The Hall–Kier alpha value is -1.39. The average Bonchev–Trinajstić information content (AvgIpc) is 3.16. The molecule has 0 saturated heterocycles. The van der Waals surface area contributed by atoms with Crippen molar-refractivity contribution >= 4 is 28.6 Å². The zero-order valence-electron chi connectivity index (χ0n) is 13.2. The van der Waals surface area contributed by atoms with Crippen molar-refractivity contribution in [3.8, 4) is 9.75 Å². The van der Waals surface area contributed by atoms with Crippen LogP contribution in [0.5, 0.6) is 0 Å². The highest BCUT2D eigenvalue weighted by molar-refractivity contribution is 7.21. The molecule has 0 spiro atoms. The average molecular weight is 335 g/mol. The second kappa shape index (κ2) is 7.75. The Balaban J connectivity index is 2.34. The van der Waals surface area contributed by atoms with E-state index in [2.05, 4.69) is 50.1 Å². The van der Waals surface area contributed by atoms with Crippen LogP contribution in [0.3, 0.4) is 0 Å². The van der Waals surface area contributed by atoms with E-state index in [0.29, 0.717) is 0 Å². The fourth-order valence-electron chi connectivity index (χ4n) is 2.76. The third-order valence-electron chi connectivity index (χ3n) is 3.80. The van der Waals surface area contributed by atoms with Gasteiger partial charge in [-0.3, -0.25) is 4.79 Å². The summed E-state index contributed by atoms with van der Waals surface area (Å²) in [6.45, 7) is 8.01. The monoisotopic (exact) mass is 334 g/mol. The van der Waals surface area contributed by atoms with Crippen molar-refractivity contribution in [2.45, 2.75) is 26.2 Å². The van der Waals surface area contributed by atoms with E-state index in [9.17, 15) is 4.79 Å². The van der Waals surface area contributed by atoms with Gasteiger partial charge in [0.25, 0.3) is 0 Å². The predicted molar refractivity (Wildman–Crippen MR) is 95.5 cm³/mol. The van der Waals surface area contributed by atoms with E-state index < -0.39 is 0 Å². The number of methoxy groups -OCH3 is 1. The summed E-state index contributed by atoms with van der Waals surface area (Å²) in [5, 5.41) is 2.08. The maximum absolute atomic E-state index is 12.2. The first-order chi connectivity index (χ1) is 10.6. The summed E-state index contributed by atoms with van der Waals surface area (Å²) in [6, 6.07) is 8.48. The van der Waals surface area contributed by atoms with Crippen LogP contribution < -0.4 is 0 Å². The summed E-state index contributed by atoms with van der Waals surface area (Å²) < 4.78 is 5.03. The zero-order valence-corrected chi connectivity index (χ0v) is 14.9. The summed E-state index contributed by atoms with van der Waals surface area (Å²) in [4.78, 5) is 16.0. The Morgan fingerprint density at radius 1 is 1.32 bits per heavy atom. The van der Waals surface area contributed by atoms with Crippen molar-refractivity contribution in [2.75, 3.05) is 7.11 Å². The molecular formula is C18H22O2S2. The molecule has 0 unspecified atom stereocenters. The number of hydrogen-bond donors (Lipinski definition) is 0. The Morgan fingerprint density at radius 2 is 2.09 bits per heavy atom. The maximum atomic E-state index is 12.2. The molecule has 0 aromatic carbocycles. The topological polar surface area (TPSA) is 26.3 Å². The van der Waals surface area contributed by atoms with E-state index in [4.69, 9.17) is 4.74 Å². The number of hydrogen-bond acceptors (Lipinski definition) is 4. The van der Waals surface area contributed by atoms with E-state index >= 15 is 0 Å². The molecule has 2 atom stereocenters. The summed E-state index contributed by atoms with van der Waals surface area (Å²) >= 11 is 3.51. The number of rotatable bonds is 7. The number of carbonyl (C=O) groups excluding carboxylic acids is 1. The molecule has 2 nitrogen and oxygen atoms in total. The molecule has 0 fully saturated rings. The second-order valence-corrected chi connectivity index (χ2v) is 7.67. The largest absolute Gasteiger partial charge is 0.469 e. The van der Waals surface area contributed by atoms with Gasteiger partial charge in [-0.1, -0.05) is 26.0 Å². The smallest absolute Gasteiger partial charge is 0.309 e. The standard InChI is InChI=1S/C18H22O2S2/c1-5-7-13(17(12(2)3)18(19)20-4)14-9-10-16(22-14)15-8-6-11-21-15/h5-6,8-13,17H,1,7H2,2-4H3/t13-,17+/m1/s1. The van der Waals surface area contributed by atoms with E-state index in [-0.39, 0.29) is 23.7 Å². The van der Waals surface area contributed by atoms with E-state index in [1.54, 1.807) is 22.7 Å². The van der Waals surface area contributed by atoms with Gasteiger partial charge in [0.1, 0.15) is 0 Å². The Labute approximate surface area is 140 Å². The first-order valence-electron chi connectivity index (χ1n) is 7.40. The first-order valence-corrected chi connectivity index (χ1v) is 9.10. The number of ether oxygens (including phenoxy) is 1. The molecule has 118 valence electrons. The van der Waals surface area contributed by atoms with Gasteiger partial charge in [-0.25, -0.2) is 0 Å². The van der Waals surface area contributed by atoms with Crippen LogP contribution in [0.15, 0.2) is 42.3 Å². The van der Waals surface area contributed by atoms with Crippen molar-refractivity contribution in [1.29, 1.82) is 0 Å². The molecule has 2 aromatic heterocycles. The lowest BCUT2D eigenvalue weighted by Crippen LogP contribution is -2.27. The lowest BCUT2D eigenvalue weighted by molar-refractivity contribution is -0.147.